The van der Waals surface area contributed by atoms with Crippen LogP contribution >= 0.6 is 0 Å². The van der Waals surface area contributed by atoms with Crippen molar-refractivity contribution in [3.63, 3.8) is 0 Å². The van der Waals surface area contributed by atoms with Gasteiger partial charge >= 0.3 is 0 Å². The Labute approximate surface area is 131 Å². The van der Waals surface area contributed by atoms with Gasteiger partial charge in [-0.3, -0.25) is 4.79 Å². The molecule has 0 saturated carbocycles. The number of rotatable bonds is 13. The molecular weight excluding hydrogens is 256 g/mol. The number of Topliss-reactive ketones (excluding diaryl/α,β-unsaturated/α-hetero) is 1. The average Bonchev–Trinajstić information content (AvgIpc) is 2.50. The van der Waals surface area contributed by atoms with Gasteiger partial charge in [-0.15, -0.1) is 0 Å². The minimum atomic E-state index is 0.390. The highest BCUT2D eigenvalue weighted by molar-refractivity contribution is 5.80. The summed E-state index contributed by atoms with van der Waals surface area (Å²) in [5, 5.41) is 0. The SMILES string of the molecule is CCCCCCCCCCCCC(=O)Cc1ccccc1. The van der Waals surface area contributed by atoms with Gasteiger partial charge in [0.2, 0.25) is 0 Å². The monoisotopic (exact) mass is 288 g/mol. The molecule has 1 aromatic carbocycles. The molecule has 1 aromatic rings. The maximum absolute atomic E-state index is 11.8. The van der Waals surface area contributed by atoms with E-state index in [2.05, 4.69) is 6.92 Å². The number of hydrogen-bond donors (Lipinski definition) is 0. The Kier molecular flexibility index (Phi) is 10.8. The molecule has 118 valence electrons. The summed E-state index contributed by atoms with van der Waals surface area (Å²) < 4.78 is 0. The highest BCUT2D eigenvalue weighted by Crippen LogP contribution is 2.12. The van der Waals surface area contributed by atoms with Crippen molar-refractivity contribution < 1.29 is 4.79 Å². The number of carbonyl (C=O) groups is 1. The second-order valence-electron chi connectivity index (χ2n) is 6.13. The molecule has 0 unspecified atom stereocenters. The van der Waals surface area contributed by atoms with Gasteiger partial charge in [-0.05, 0) is 12.0 Å². The van der Waals surface area contributed by atoms with Crippen LogP contribution in [0.1, 0.15) is 83.1 Å². The van der Waals surface area contributed by atoms with Gasteiger partial charge in [0.1, 0.15) is 5.78 Å². The second kappa shape index (κ2) is 12.6. The minimum Gasteiger partial charge on any atom is -0.299 e. The Morgan fingerprint density at radius 2 is 1.29 bits per heavy atom. The highest BCUT2D eigenvalue weighted by Gasteiger charge is 2.03. The molecule has 1 heteroatoms. The van der Waals surface area contributed by atoms with Gasteiger partial charge in [-0.25, -0.2) is 0 Å². The van der Waals surface area contributed by atoms with Crippen molar-refractivity contribution in [1.29, 1.82) is 0 Å². The van der Waals surface area contributed by atoms with Crippen LogP contribution in [0.5, 0.6) is 0 Å². The van der Waals surface area contributed by atoms with E-state index < -0.39 is 0 Å². The number of benzene rings is 1. The molecule has 0 spiro atoms. The first-order chi connectivity index (χ1) is 10.3. The van der Waals surface area contributed by atoms with Crippen LogP contribution in [0.3, 0.4) is 0 Å². The zero-order chi connectivity index (χ0) is 15.2. The van der Waals surface area contributed by atoms with E-state index in [-0.39, 0.29) is 0 Å². The van der Waals surface area contributed by atoms with Crippen molar-refractivity contribution >= 4 is 5.78 Å². The molecule has 0 amide bonds. The predicted molar refractivity (Wildman–Crippen MR) is 91.6 cm³/mol. The Morgan fingerprint density at radius 3 is 1.86 bits per heavy atom. The lowest BCUT2D eigenvalue weighted by molar-refractivity contribution is -0.118. The predicted octanol–water partition coefficient (Wildman–Crippen LogP) is 6.11. The summed E-state index contributed by atoms with van der Waals surface area (Å²) in [6.45, 7) is 2.26. The quantitative estimate of drug-likeness (QED) is 0.400. The fourth-order valence-electron chi connectivity index (χ4n) is 2.72. The number of ketones is 1. The van der Waals surface area contributed by atoms with Gasteiger partial charge in [-0.2, -0.15) is 0 Å². The summed E-state index contributed by atoms with van der Waals surface area (Å²) in [7, 11) is 0. The Hall–Kier alpha value is -1.11. The van der Waals surface area contributed by atoms with Crippen LogP contribution in [-0.4, -0.2) is 5.78 Å². The van der Waals surface area contributed by atoms with E-state index in [0.717, 1.165) is 18.4 Å². The third-order valence-electron chi connectivity index (χ3n) is 4.05. The summed E-state index contributed by atoms with van der Waals surface area (Å²) in [6.07, 6.45) is 14.6. The van der Waals surface area contributed by atoms with Crippen molar-refractivity contribution in [2.45, 2.75) is 84.0 Å². The molecule has 1 rings (SSSR count). The summed E-state index contributed by atoms with van der Waals surface area (Å²) >= 11 is 0. The smallest absolute Gasteiger partial charge is 0.137 e. The Bertz CT molecular complexity index is 355. The van der Waals surface area contributed by atoms with Crippen LogP contribution in [0.2, 0.25) is 0 Å². The summed E-state index contributed by atoms with van der Waals surface area (Å²) in [5.41, 5.74) is 1.15. The van der Waals surface area contributed by atoms with Crippen LogP contribution < -0.4 is 0 Å². The molecule has 0 aliphatic rings. The Balaban J connectivity index is 1.89. The number of unbranched alkanes of at least 4 members (excludes halogenated alkanes) is 9. The third-order valence-corrected chi connectivity index (χ3v) is 4.05. The van der Waals surface area contributed by atoms with Gasteiger partial charge in [-0.1, -0.05) is 95.0 Å². The van der Waals surface area contributed by atoms with Crippen LogP contribution in [0.4, 0.5) is 0 Å². The summed E-state index contributed by atoms with van der Waals surface area (Å²) in [4.78, 5) is 11.8. The first-order valence-corrected chi connectivity index (χ1v) is 8.88. The minimum absolute atomic E-state index is 0.390. The van der Waals surface area contributed by atoms with Gasteiger partial charge in [0.05, 0.1) is 0 Å². The lowest BCUT2D eigenvalue weighted by atomic mass is 10.0. The van der Waals surface area contributed by atoms with E-state index in [1.807, 2.05) is 30.3 Å². The second-order valence-corrected chi connectivity index (χ2v) is 6.13. The molecule has 0 saturated heterocycles. The lowest BCUT2D eigenvalue weighted by Crippen LogP contribution is -2.02. The number of hydrogen-bond acceptors (Lipinski definition) is 1. The summed E-state index contributed by atoms with van der Waals surface area (Å²) in [5.74, 6) is 0.390. The van der Waals surface area contributed by atoms with Crippen LogP contribution in [0, 0.1) is 0 Å². The van der Waals surface area contributed by atoms with Crippen molar-refractivity contribution in [3.8, 4) is 0 Å². The zero-order valence-corrected chi connectivity index (χ0v) is 13.8. The van der Waals surface area contributed by atoms with Gasteiger partial charge in [0, 0.05) is 12.8 Å². The lowest BCUT2D eigenvalue weighted by Gasteiger charge is -2.03. The fraction of sp³-hybridized carbons (Fsp3) is 0.650. The topological polar surface area (TPSA) is 17.1 Å². The molecular formula is C20H32O. The van der Waals surface area contributed by atoms with Crippen molar-refractivity contribution in [2.75, 3.05) is 0 Å². The van der Waals surface area contributed by atoms with E-state index in [9.17, 15) is 4.79 Å². The van der Waals surface area contributed by atoms with Crippen LogP contribution in [0.15, 0.2) is 30.3 Å². The van der Waals surface area contributed by atoms with E-state index in [1.54, 1.807) is 0 Å². The maximum Gasteiger partial charge on any atom is 0.137 e. The maximum atomic E-state index is 11.8. The molecule has 0 aliphatic carbocycles. The van der Waals surface area contributed by atoms with Crippen molar-refractivity contribution in [2.24, 2.45) is 0 Å². The molecule has 1 nitrogen and oxygen atoms in total. The molecule has 0 heterocycles. The first kappa shape index (κ1) is 17.9. The molecule has 0 aliphatic heterocycles. The third kappa shape index (κ3) is 10.3. The van der Waals surface area contributed by atoms with E-state index in [4.69, 9.17) is 0 Å². The zero-order valence-electron chi connectivity index (χ0n) is 13.8. The highest BCUT2D eigenvalue weighted by atomic mass is 16.1. The summed E-state index contributed by atoms with van der Waals surface area (Å²) in [6, 6.07) is 10.1. The van der Waals surface area contributed by atoms with Gasteiger partial charge < -0.3 is 0 Å². The van der Waals surface area contributed by atoms with Gasteiger partial charge in [0.25, 0.3) is 0 Å². The molecule has 0 aromatic heterocycles. The fourth-order valence-corrected chi connectivity index (χ4v) is 2.72. The van der Waals surface area contributed by atoms with E-state index in [0.29, 0.717) is 12.2 Å². The molecule has 0 radical (unpaired) electrons. The van der Waals surface area contributed by atoms with Crippen molar-refractivity contribution in [1.82, 2.24) is 0 Å². The molecule has 0 atom stereocenters. The largest absolute Gasteiger partial charge is 0.299 e. The molecule has 0 bridgehead atoms. The standard InChI is InChI=1S/C20H32O/c1-2-3-4-5-6-7-8-9-10-14-17-20(21)18-19-15-12-11-13-16-19/h11-13,15-16H,2-10,14,17-18H2,1H3. The molecule has 0 fully saturated rings. The van der Waals surface area contributed by atoms with E-state index in [1.165, 1.54) is 57.8 Å². The Morgan fingerprint density at radius 1 is 0.762 bits per heavy atom. The van der Waals surface area contributed by atoms with Gasteiger partial charge in [0.15, 0.2) is 0 Å². The van der Waals surface area contributed by atoms with Crippen LogP contribution in [0.25, 0.3) is 0 Å². The van der Waals surface area contributed by atoms with E-state index >= 15 is 0 Å². The van der Waals surface area contributed by atoms with Crippen molar-refractivity contribution in [3.05, 3.63) is 35.9 Å². The normalized spacial score (nSPS) is 10.7. The molecule has 0 N–H and O–H groups in total. The van der Waals surface area contributed by atoms with Crippen LogP contribution in [-0.2, 0) is 11.2 Å². The number of carbonyl (C=O) groups excluding carboxylic acids is 1. The first-order valence-electron chi connectivity index (χ1n) is 8.88. The average molecular weight is 288 g/mol. The molecule has 21 heavy (non-hydrogen) atoms.